The second kappa shape index (κ2) is 6.84. The van der Waals surface area contributed by atoms with E-state index >= 15 is 0 Å². The fraction of sp³-hybridized carbons (Fsp3) is 0.188. The Balaban J connectivity index is 2.24. The smallest absolute Gasteiger partial charge is 0.269 e. The van der Waals surface area contributed by atoms with E-state index in [0.717, 1.165) is 0 Å². The number of terminal acetylenes is 1. The summed E-state index contributed by atoms with van der Waals surface area (Å²) in [6.07, 6.45) is 5.27. The molecule has 1 saturated heterocycles. The van der Waals surface area contributed by atoms with Gasteiger partial charge in [-0.15, -0.1) is 6.42 Å². The SMILES string of the molecule is C#Cc1ccc(NC(=O)/C(C#N)=C2\SCC(=O)N2CC)cc1. The molecule has 2 amide bonds. The quantitative estimate of drug-likeness (QED) is 0.526. The van der Waals surface area contributed by atoms with E-state index in [1.54, 1.807) is 31.2 Å². The molecule has 1 fully saturated rings. The summed E-state index contributed by atoms with van der Waals surface area (Å²) in [5.74, 6) is 2.10. The van der Waals surface area contributed by atoms with Gasteiger partial charge in [0.2, 0.25) is 5.91 Å². The molecule has 1 aromatic rings. The molecule has 0 aliphatic carbocycles. The number of thioether (sulfide) groups is 1. The zero-order valence-corrected chi connectivity index (χ0v) is 12.7. The highest BCUT2D eigenvalue weighted by Crippen LogP contribution is 2.31. The van der Waals surface area contributed by atoms with E-state index in [4.69, 9.17) is 6.42 Å². The molecule has 2 rings (SSSR count). The number of rotatable bonds is 3. The number of benzene rings is 1. The number of anilines is 1. The summed E-state index contributed by atoms with van der Waals surface area (Å²) in [5.41, 5.74) is 1.18. The van der Waals surface area contributed by atoms with Crippen molar-refractivity contribution < 1.29 is 9.59 Å². The third kappa shape index (κ3) is 3.13. The fourth-order valence-corrected chi connectivity index (χ4v) is 3.05. The van der Waals surface area contributed by atoms with Gasteiger partial charge in [0, 0.05) is 17.8 Å². The Kier molecular flexibility index (Phi) is 4.88. The Morgan fingerprint density at radius 2 is 2.14 bits per heavy atom. The number of nitriles is 1. The predicted octanol–water partition coefficient (Wildman–Crippen LogP) is 1.94. The molecule has 0 aromatic heterocycles. The Bertz CT molecular complexity index is 723. The minimum atomic E-state index is -0.536. The zero-order valence-electron chi connectivity index (χ0n) is 11.9. The van der Waals surface area contributed by atoms with E-state index in [1.807, 2.05) is 6.07 Å². The highest BCUT2D eigenvalue weighted by atomic mass is 32.2. The van der Waals surface area contributed by atoms with Crippen LogP contribution in [0.2, 0.25) is 0 Å². The number of amides is 2. The minimum absolute atomic E-state index is 0.0567. The van der Waals surface area contributed by atoms with E-state index < -0.39 is 5.91 Å². The molecule has 0 saturated carbocycles. The standard InChI is InChI=1S/C16H13N3O2S/c1-3-11-5-7-12(8-6-11)18-15(21)13(9-17)16-19(4-2)14(20)10-22-16/h1,5-8H,4,10H2,2H3,(H,18,21)/b16-13-. The van der Waals surface area contributed by atoms with Crippen LogP contribution in [0.5, 0.6) is 0 Å². The molecule has 5 nitrogen and oxygen atoms in total. The van der Waals surface area contributed by atoms with Crippen LogP contribution < -0.4 is 5.32 Å². The molecule has 1 heterocycles. The van der Waals surface area contributed by atoms with Crippen LogP contribution in [0, 0.1) is 23.7 Å². The monoisotopic (exact) mass is 311 g/mol. The number of carbonyl (C=O) groups is 2. The summed E-state index contributed by atoms with van der Waals surface area (Å²) in [5, 5.41) is 12.3. The van der Waals surface area contributed by atoms with Gasteiger partial charge in [-0.25, -0.2) is 0 Å². The molecular formula is C16H13N3O2S. The van der Waals surface area contributed by atoms with Crippen molar-refractivity contribution in [2.24, 2.45) is 0 Å². The van der Waals surface area contributed by atoms with Gasteiger partial charge in [0.25, 0.3) is 5.91 Å². The van der Waals surface area contributed by atoms with Crippen molar-refractivity contribution in [2.45, 2.75) is 6.92 Å². The first-order valence-electron chi connectivity index (χ1n) is 6.56. The fourth-order valence-electron chi connectivity index (χ4n) is 1.97. The maximum absolute atomic E-state index is 12.3. The molecule has 1 aromatic carbocycles. The Labute approximate surface area is 133 Å². The summed E-state index contributed by atoms with van der Waals surface area (Å²) < 4.78 is 0. The van der Waals surface area contributed by atoms with Crippen LogP contribution in [0.25, 0.3) is 0 Å². The maximum atomic E-state index is 12.3. The molecule has 1 aliphatic rings. The molecule has 1 N–H and O–H groups in total. The van der Waals surface area contributed by atoms with Crippen LogP contribution in [0.3, 0.4) is 0 Å². The van der Waals surface area contributed by atoms with Gasteiger partial charge in [0.1, 0.15) is 16.7 Å². The van der Waals surface area contributed by atoms with Crippen molar-refractivity contribution in [1.29, 1.82) is 5.26 Å². The Morgan fingerprint density at radius 1 is 1.45 bits per heavy atom. The molecule has 110 valence electrons. The molecule has 0 bridgehead atoms. The first kappa shape index (κ1) is 15.7. The van der Waals surface area contributed by atoms with Crippen LogP contribution in [0.15, 0.2) is 34.9 Å². The lowest BCUT2D eigenvalue weighted by Crippen LogP contribution is -2.26. The van der Waals surface area contributed by atoms with Gasteiger partial charge in [-0.05, 0) is 31.2 Å². The molecule has 0 radical (unpaired) electrons. The van der Waals surface area contributed by atoms with Gasteiger partial charge < -0.3 is 10.2 Å². The summed E-state index contributed by atoms with van der Waals surface area (Å²) >= 11 is 1.21. The van der Waals surface area contributed by atoms with Crippen LogP contribution >= 0.6 is 11.8 Å². The normalized spacial score (nSPS) is 16.0. The van der Waals surface area contributed by atoms with Gasteiger partial charge in [-0.1, -0.05) is 17.7 Å². The number of hydrogen-bond acceptors (Lipinski definition) is 4. The van der Waals surface area contributed by atoms with Gasteiger partial charge in [0.05, 0.1) is 5.75 Å². The van der Waals surface area contributed by atoms with Crippen molar-refractivity contribution in [3.8, 4) is 18.4 Å². The Morgan fingerprint density at radius 3 is 2.68 bits per heavy atom. The summed E-state index contributed by atoms with van der Waals surface area (Å²) in [4.78, 5) is 25.4. The van der Waals surface area contributed by atoms with Crippen molar-refractivity contribution in [2.75, 3.05) is 17.6 Å². The number of nitrogens with one attached hydrogen (secondary N) is 1. The average Bonchev–Trinajstić information content (AvgIpc) is 2.89. The molecule has 0 unspecified atom stereocenters. The number of carbonyl (C=O) groups excluding carboxylic acids is 2. The van der Waals surface area contributed by atoms with Crippen LogP contribution in [0.1, 0.15) is 12.5 Å². The van der Waals surface area contributed by atoms with Gasteiger partial charge in [-0.3, -0.25) is 9.59 Å². The highest BCUT2D eigenvalue weighted by Gasteiger charge is 2.30. The van der Waals surface area contributed by atoms with E-state index in [0.29, 0.717) is 22.8 Å². The average molecular weight is 311 g/mol. The van der Waals surface area contributed by atoms with E-state index in [2.05, 4.69) is 11.2 Å². The third-order valence-electron chi connectivity index (χ3n) is 3.06. The molecular weight excluding hydrogens is 298 g/mol. The maximum Gasteiger partial charge on any atom is 0.269 e. The first-order chi connectivity index (χ1) is 10.6. The van der Waals surface area contributed by atoms with Crippen molar-refractivity contribution in [1.82, 2.24) is 4.90 Å². The predicted molar refractivity (Wildman–Crippen MR) is 85.5 cm³/mol. The summed E-state index contributed by atoms with van der Waals surface area (Å²) in [6, 6.07) is 8.61. The Hall–Kier alpha value is -2.70. The molecule has 22 heavy (non-hydrogen) atoms. The van der Waals surface area contributed by atoms with Crippen LogP contribution in [-0.2, 0) is 9.59 Å². The second-order valence-electron chi connectivity index (χ2n) is 4.39. The lowest BCUT2D eigenvalue weighted by molar-refractivity contribution is -0.125. The second-order valence-corrected chi connectivity index (χ2v) is 5.36. The highest BCUT2D eigenvalue weighted by molar-refractivity contribution is 8.04. The topological polar surface area (TPSA) is 73.2 Å². The zero-order chi connectivity index (χ0) is 16.1. The van der Waals surface area contributed by atoms with Crippen LogP contribution in [-0.4, -0.2) is 29.0 Å². The largest absolute Gasteiger partial charge is 0.321 e. The molecule has 0 spiro atoms. The van der Waals surface area contributed by atoms with Gasteiger partial charge in [0.15, 0.2) is 0 Å². The third-order valence-corrected chi connectivity index (χ3v) is 4.15. The van der Waals surface area contributed by atoms with Gasteiger partial charge >= 0.3 is 0 Å². The first-order valence-corrected chi connectivity index (χ1v) is 7.54. The number of nitrogens with zero attached hydrogens (tertiary/aromatic N) is 2. The van der Waals surface area contributed by atoms with Crippen molar-refractivity contribution in [3.05, 3.63) is 40.4 Å². The van der Waals surface area contributed by atoms with Gasteiger partial charge in [-0.2, -0.15) is 5.26 Å². The van der Waals surface area contributed by atoms with E-state index in [-0.39, 0.29) is 17.2 Å². The lowest BCUT2D eigenvalue weighted by atomic mass is 10.2. The van der Waals surface area contributed by atoms with Crippen molar-refractivity contribution >= 4 is 29.3 Å². The lowest BCUT2D eigenvalue weighted by Gasteiger charge is -2.15. The molecule has 1 aliphatic heterocycles. The summed E-state index contributed by atoms with van der Waals surface area (Å²) in [7, 11) is 0. The molecule has 0 atom stereocenters. The van der Waals surface area contributed by atoms with Crippen molar-refractivity contribution in [3.63, 3.8) is 0 Å². The number of hydrogen-bond donors (Lipinski definition) is 1. The summed E-state index contributed by atoms with van der Waals surface area (Å²) in [6.45, 7) is 2.23. The molecule has 6 heteroatoms. The minimum Gasteiger partial charge on any atom is -0.321 e. The van der Waals surface area contributed by atoms with E-state index in [1.165, 1.54) is 16.7 Å². The van der Waals surface area contributed by atoms with E-state index in [9.17, 15) is 14.9 Å². The van der Waals surface area contributed by atoms with Crippen LogP contribution in [0.4, 0.5) is 5.69 Å².